The predicted molar refractivity (Wildman–Crippen MR) is 38.3 cm³/mol. The molecule has 0 aliphatic carbocycles. The minimum absolute atomic E-state index is 0.546. The topological polar surface area (TPSA) is 88.1 Å². The summed E-state index contributed by atoms with van der Waals surface area (Å²) in [6, 6.07) is 1.05. The minimum atomic E-state index is -4.61. The average molecular weight is 211 g/mol. The first kappa shape index (κ1) is 12.7. The van der Waals surface area contributed by atoms with Crippen LogP contribution < -0.4 is 11.2 Å². The number of halogens is 3. The van der Waals surface area contributed by atoms with Gasteiger partial charge in [-0.3, -0.25) is 9.63 Å². The zero-order valence-electron chi connectivity index (χ0n) is 6.97. The van der Waals surface area contributed by atoms with Gasteiger partial charge < -0.3 is 5.73 Å². The van der Waals surface area contributed by atoms with Gasteiger partial charge in [0.25, 0.3) is 0 Å². The van der Waals surface area contributed by atoms with Crippen molar-refractivity contribution in [3.05, 3.63) is 0 Å². The van der Waals surface area contributed by atoms with Crippen molar-refractivity contribution < 1.29 is 22.8 Å². The van der Waals surface area contributed by atoms with Crippen molar-refractivity contribution in [2.45, 2.75) is 6.18 Å². The Morgan fingerprint density at radius 3 is 2.57 bits per heavy atom. The van der Waals surface area contributed by atoms with E-state index < -0.39 is 31.2 Å². The third-order valence-electron chi connectivity index (χ3n) is 1.15. The van der Waals surface area contributed by atoms with Gasteiger partial charge in [-0.1, -0.05) is 0 Å². The minimum Gasteiger partial charge on any atom is -0.368 e. The number of primary amides is 1. The smallest absolute Gasteiger partial charge is 0.368 e. The van der Waals surface area contributed by atoms with Crippen LogP contribution in [0.15, 0.2) is 0 Å². The van der Waals surface area contributed by atoms with Crippen molar-refractivity contribution in [2.24, 2.45) is 11.7 Å². The highest BCUT2D eigenvalue weighted by Crippen LogP contribution is 2.24. The van der Waals surface area contributed by atoms with Gasteiger partial charge in [0.1, 0.15) is 6.61 Å². The Bertz CT molecular complexity index is 235. The highest BCUT2D eigenvalue weighted by Gasteiger charge is 2.39. The zero-order chi connectivity index (χ0) is 11.2. The normalized spacial score (nSPS) is 13.3. The molecule has 0 saturated carbocycles. The molecule has 0 fully saturated rings. The first-order valence-electron chi connectivity index (χ1n) is 3.47. The van der Waals surface area contributed by atoms with Gasteiger partial charge in [0.2, 0.25) is 5.91 Å². The molecule has 0 bridgehead atoms. The van der Waals surface area contributed by atoms with Gasteiger partial charge in [-0.15, -0.1) is 0 Å². The zero-order valence-corrected chi connectivity index (χ0v) is 6.97. The number of carbonyl (C=O) groups excluding carboxylic acids is 1. The number of nitrogens with zero attached hydrogens (tertiary/aromatic N) is 1. The largest absolute Gasteiger partial charge is 0.405 e. The molecular weight excluding hydrogens is 203 g/mol. The second-order valence-electron chi connectivity index (χ2n) is 2.33. The van der Waals surface area contributed by atoms with Crippen LogP contribution in [0.4, 0.5) is 13.2 Å². The van der Waals surface area contributed by atoms with Crippen molar-refractivity contribution in [1.82, 2.24) is 5.48 Å². The number of amides is 1. The van der Waals surface area contributed by atoms with E-state index in [1.165, 1.54) is 0 Å². The van der Waals surface area contributed by atoms with Crippen LogP contribution in [0.2, 0.25) is 0 Å². The highest BCUT2D eigenvalue weighted by atomic mass is 19.4. The molecule has 0 aromatic heterocycles. The molecule has 1 unspecified atom stereocenters. The molecule has 80 valence electrons. The van der Waals surface area contributed by atoms with E-state index in [2.05, 4.69) is 10.6 Å². The molecule has 0 spiro atoms. The maximum absolute atomic E-state index is 11.9. The molecule has 5 nitrogen and oxygen atoms in total. The maximum Gasteiger partial charge on any atom is 0.405 e. The summed E-state index contributed by atoms with van der Waals surface area (Å²) in [6.45, 7) is -1.29. The summed E-state index contributed by atoms with van der Waals surface area (Å²) >= 11 is 0. The van der Waals surface area contributed by atoms with E-state index in [9.17, 15) is 18.0 Å². The Balaban J connectivity index is 3.77. The van der Waals surface area contributed by atoms with Crippen LogP contribution in [-0.4, -0.2) is 25.2 Å². The van der Waals surface area contributed by atoms with E-state index >= 15 is 0 Å². The Morgan fingerprint density at radius 2 is 2.21 bits per heavy atom. The van der Waals surface area contributed by atoms with E-state index in [-0.39, 0.29) is 0 Å². The highest BCUT2D eigenvalue weighted by molar-refractivity contribution is 5.74. The van der Waals surface area contributed by atoms with Crippen molar-refractivity contribution in [2.75, 3.05) is 13.2 Å². The van der Waals surface area contributed by atoms with Gasteiger partial charge in [0.05, 0.1) is 6.07 Å². The van der Waals surface area contributed by atoms with Crippen LogP contribution in [0, 0.1) is 17.2 Å². The van der Waals surface area contributed by atoms with Gasteiger partial charge in [0, 0.05) is 6.54 Å². The molecule has 0 heterocycles. The summed E-state index contributed by atoms with van der Waals surface area (Å²) in [5.41, 5.74) is 6.47. The van der Waals surface area contributed by atoms with E-state index in [1.807, 2.05) is 5.48 Å². The van der Waals surface area contributed by atoms with E-state index in [4.69, 9.17) is 5.26 Å². The number of alkyl halides is 3. The first-order chi connectivity index (χ1) is 6.38. The molecule has 0 aliphatic rings. The van der Waals surface area contributed by atoms with Gasteiger partial charge in [-0.25, -0.2) is 5.48 Å². The van der Waals surface area contributed by atoms with Crippen molar-refractivity contribution >= 4 is 5.91 Å². The van der Waals surface area contributed by atoms with E-state index in [0.29, 0.717) is 0 Å². The molecule has 0 rings (SSSR count). The lowest BCUT2D eigenvalue weighted by molar-refractivity contribution is -0.164. The maximum atomic E-state index is 11.9. The van der Waals surface area contributed by atoms with Crippen molar-refractivity contribution in [3.63, 3.8) is 0 Å². The summed E-state index contributed by atoms with van der Waals surface area (Å²) in [6.07, 6.45) is -4.61. The lowest BCUT2D eigenvalue weighted by atomic mass is 10.2. The summed E-state index contributed by atoms with van der Waals surface area (Å²) in [5.74, 6) is -2.99. The molecule has 0 radical (unpaired) electrons. The quantitative estimate of drug-likeness (QED) is 0.482. The molecule has 14 heavy (non-hydrogen) atoms. The fourth-order valence-electron chi connectivity index (χ4n) is 0.499. The van der Waals surface area contributed by atoms with Gasteiger partial charge >= 0.3 is 6.18 Å². The van der Waals surface area contributed by atoms with Gasteiger partial charge in [-0.2, -0.15) is 18.4 Å². The lowest BCUT2D eigenvalue weighted by Gasteiger charge is -2.13. The first-order valence-corrected chi connectivity index (χ1v) is 3.47. The third kappa shape index (κ3) is 5.34. The number of nitriles is 1. The molecule has 0 aromatic carbocycles. The van der Waals surface area contributed by atoms with Crippen LogP contribution in [0.1, 0.15) is 0 Å². The Kier molecular flexibility index (Phi) is 4.90. The van der Waals surface area contributed by atoms with Crippen LogP contribution in [0.25, 0.3) is 0 Å². The molecule has 1 atom stereocenters. The Labute approximate surface area is 77.6 Å². The number of carbonyl (C=O) groups is 1. The van der Waals surface area contributed by atoms with Crippen molar-refractivity contribution in [3.8, 4) is 6.07 Å². The number of rotatable bonds is 5. The van der Waals surface area contributed by atoms with Crippen LogP contribution in [-0.2, 0) is 9.63 Å². The summed E-state index contributed by atoms with van der Waals surface area (Å²) in [4.78, 5) is 14.3. The van der Waals surface area contributed by atoms with Crippen LogP contribution in [0.3, 0.4) is 0 Å². The molecule has 0 aliphatic heterocycles. The Morgan fingerprint density at radius 1 is 1.64 bits per heavy atom. The van der Waals surface area contributed by atoms with Gasteiger partial charge in [-0.05, 0) is 0 Å². The standard InChI is InChI=1S/C6H8F3N3O2/c7-6(8,9)4(1-10)2-12-14-3-5(11)13/h4,12H,2-3H2,(H2,11,13). The molecule has 0 aromatic rings. The molecule has 3 N–H and O–H groups in total. The predicted octanol–water partition coefficient (Wildman–Crippen LogP) is -0.305. The molecule has 1 amide bonds. The van der Waals surface area contributed by atoms with Crippen LogP contribution in [0.5, 0.6) is 0 Å². The monoisotopic (exact) mass is 211 g/mol. The fourth-order valence-corrected chi connectivity index (χ4v) is 0.499. The fraction of sp³-hybridized carbons (Fsp3) is 0.667. The molecule has 8 heteroatoms. The van der Waals surface area contributed by atoms with Gasteiger partial charge in [0.15, 0.2) is 5.92 Å². The third-order valence-corrected chi connectivity index (χ3v) is 1.15. The van der Waals surface area contributed by atoms with Crippen LogP contribution >= 0.6 is 0 Å². The average Bonchev–Trinajstić information content (AvgIpc) is 2.01. The summed E-state index contributed by atoms with van der Waals surface area (Å²) in [5, 5.41) is 8.11. The number of nitrogens with one attached hydrogen (secondary N) is 1. The molecule has 0 saturated heterocycles. The number of hydrogen-bond acceptors (Lipinski definition) is 4. The second kappa shape index (κ2) is 5.41. The number of nitrogens with two attached hydrogens (primary N) is 1. The second-order valence-corrected chi connectivity index (χ2v) is 2.33. The van der Waals surface area contributed by atoms with E-state index in [0.717, 1.165) is 6.07 Å². The lowest BCUT2D eigenvalue weighted by Crippen LogP contribution is -2.34. The summed E-state index contributed by atoms with van der Waals surface area (Å²) < 4.78 is 35.7. The number of hydroxylamine groups is 1. The SMILES string of the molecule is N#CC(CNOCC(N)=O)C(F)(F)F. The Hall–Kier alpha value is -1.33. The molecular formula is C6H8F3N3O2. The van der Waals surface area contributed by atoms with Crippen molar-refractivity contribution in [1.29, 1.82) is 5.26 Å². The van der Waals surface area contributed by atoms with E-state index in [1.54, 1.807) is 0 Å². The summed E-state index contributed by atoms with van der Waals surface area (Å²) in [7, 11) is 0. The number of hydrogen-bond donors (Lipinski definition) is 2.